The summed E-state index contributed by atoms with van der Waals surface area (Å²) < 4.78 is 82.2. The number of benzene rings is 4. The van der Waals surface area contributed by atoms with Crippen LogP contribution in [-0.4, -0.2) is 59.8 Å². The summed E-state index contributed by atoms with van der Waals surface area (Å²) in [6.07, 6.45) is 0.215. The van der Waals surface area contributed by atoms with Gasteiger partial charge in [0.25, 0.3) is 5.91 Å². The summed E-state index contributed by atoms with van der Waals surface area (Å²) in [6.45, 7) is 2.22. The Balaban J connectivity index is 1.06. The maximum Gasteiger partial charge on any atom is 0.261 e. The van der Waals surface area contributed by atoms with Crippen LogP contribution in [0, 0.1) is 29.1 Å². The Kier molecular flexibility index (Phi) is 9.98. The lowest BCUT2D eigenvalue weighted by molar-refractivity contribution is -0.253. The van der Waals surface area contributed by atoms with Crippen LogP contribution in [0.3, 0.4) is 0 Å². The zero-order valence-electron chi connectivity index (χ0n) is 27.8. The molecule has 3 heterocycles. The van der Waals surface area contributed by atoms with E-state index in [0.29, 0.717) is 51.1 Å². The van der Waals surface area contributed by atoms with Crippen molar-refractivity contribution in [2.24, 2.45) is 0 Å². The molecule has 4 aromatic carbocycles. The van der Waals surface area contributed by atoms with Crippen molar-refractivity contribution >= 4 is 23.2 Å². The number of nitrogens with zero attached hydrogens (tertiary/aromatic N) is 2. The van der Waals surface area contributed by atoms with Gasteiger partial charge in [0.1, 0.15) is 11.1 Å². The standard InChI is InChI=1S/C38H35F5N4O5/c39-30-29(31(40)33(42)34(43)32(30)41)35(49)45-25-12-10-24(11-13-25)36-51-27(18-28(52-36)23-8-6-22(20-48)7-9-23)19-46-16-14-38(15-17-46)37(50)44-21-47(38)26-4-2-1-3-5-26/h1-13,27-28,36,48H,14-21H2,(H,44,50)(H,45,49). The van der Waals surface area contributed by atoms with E-state index in [2.05, 4.69) is 20.4 Å². The molecule has 9 nitrogen and oxygen atoms in total. The Morgan fingerprint density at radius 1 is 0.827 bits per heavy atom. The minimum absolute atomic E-state index is 0.0247. The molecule has 0 radical (unpaired) electrons. The number of ether oxygens (including phenoxy) is 2. The van der Waals surface area contributed by atoms with Crippen molar-refractivity contribution in [1.29, 1.82) is 0 Å². The van der Waals surface area contributed by atoms with Gasteiger partial charge in [-0.05, 0) is 48.2 Å². The van der Waals surface area contributed by atoms with Crippen molar-refractivity contribution in [3.05, 3.63) is 130 Å². The summed E-state index contributed by atoms with van der Waals surface area (Å²) in [7, 11) is 0. The van der Waals surface area contributed by atoms with Crippen LogP contribution < -0.4 is 15.5 Å². The predicted molar refractivity (Wildman–Crippen MR) is 179 cm³/mol. The number of hydrogen-bond donors (Lipinski definition) is 3. The number of piperidine rings is 1. The number of para-hydroxylation sites is 1. The molecule has 3 unspecified atom stereocenters. The topological polar surface area (TPSA) is 103 Å². The monoisotopic (exact) mass is 722 g/mol. The summed E-state index contributed by atoms with van der Waals surface area (Å²) in [6, 6.07) is 23.2. The van der Waals surface area contributed by atoms with E-state index in [4.69, 9.17) is 9.47 Å². The van der Waals surface area contributed by atoms with E-state index in [9.17, 15) is 36.6 Å². The third-order valence-electron chi connectivity index (χ3n) is 10.0. The van der Waals surface area contributed by atoms with Gasteiger partial charge in [0.05, 0.1) is 25.5 Å². The Bertz CT molecular complexity index is 1910. The third-order valence-corrected chi connectivity index (χ3v) is 10.0. The molecular weight excluding hydrogens is 687 g/mol. The first-order valence-electron chi connectivity index (χ1n) is 16.8. The number of aliphatic hydroxyl groups is 1. The molecule has 0 bridgehead atoms. The van der Waals surface area contributed by atoms with Crippen LogP contribution >= 0.6 is 0 Å². The zero-order chi connectivity index (χ0) is 36.6. The number of nitrogens with one attached hydrogen (secondary N) is 2. The number of carbonyl (C=O) groups excluding carboxylic acids is 2. The second-order valence-corrected chi connectivity index (χ2v) is 13.1. The van der Waals surface area contributed by atoms with Gasteiger partial charge in [-0.25, -0.2) is 22.0 Å². The average molecular weight is 723 g/mol. The highest BCUT2D eigenvalue weighted by Crippen LogP contribution is 2.40. The summed E-state index contributed by atoms with van der Waals surface area (Å²) >= 11 is 0. The van der Waals surface area contributed by atoms with Crippen molar-refractivity contribution in [2.75, 3.05) is 36.5 Å². The second kappa shape index (κ2) is 14.6. The number of halogens is 5. The molecule has 4 aromatic rings. The van der Waals surface area contributed by atoms with Gasteiger partial charge in [-0.3, -0.25) is 9.59 Å². The largest absolute Gasteiger partial charge is 0.392 e. The molecule has 52 heavy (non-hydrogen) atoms. The van der Waals surface area contributed by atoms with E-state index in [0.717, 1.165) is 16.8 Å². The van der Waals surface area contributed by atoms with Crippen LogP contribution in [-0.2, 0) is 20.9 Å². The number of hydrogen-bond acceptors (Lipinski definition) is 7. The third kappa shape index (κ3) is 6.74. The van der Waals surface area contributed by atoms with E-state index in [-0.39, 0.29) is 24.3 Å². The van der Waals surface area contributed by atoms with Gasteiger partial charge in [-0.2, -0.15) is 0 Å². The molecule has 14 heteroatoms. The lowest BCUT2D eigenvalue weighted by atomic mass is 9.85. The van der Waals surface area contributed by atoms with Gasteiger partial charge in [0, 0.05) is 43.0 Å². The SMILES string of the molecule is O=C(Nc1ccc(C2OC(CN3CCC4(CC3)C(=O)NCN4c3ccccc3)CC(c3ccc(CO)cc3)O2)cc1)c1c(F)c(F)c(F)c(F)c1F. The molecule has 3 N–H and O–H groups in total. The molecule has 1 spiro atoms. The van der Waals surface area contributed by atoms with Gasteiger partial charge in [0.15, 0.2) is 29.6 Å². The van der Waals surface area contributed by atoms with Gasteiger partial charge in [-0.1, -0.05) is 54.6 Å². The Morgan fingerprint density at radius 3 is 2.08 bits per heavy atom. The van der Waals surface area contributed by atoms with E-state index in [1.54, 1.807) is 12.1 Å². The van der Waals surface area contributed by atoms with Gasteiger partial charge in [-0.15, -0.1) is 0 Å². The molecule has 0 aliphatic carbocycles. The minimum atomic E-state index is -2.36. The first-order chi connectivity index (χ1) is 25.1. The highest BCUT2D eigenvalue weighted by molar-refractivity contribution is 6.04. The number of aliphatic hydroxyl groups excluding tert-OH is 1. The number of rotatable bonds is 8. The lowest BCUT2D eigenvalue weighted by Crippen LogP contribution is -2.57. The smallest absolute Gasteiger partial charge is 0.261 e. The number of amides is 2. The van der Waals surface area contributed by atoms with E-state index < -0.39 is 58.5 Å². The zero-order valence-corrected chi connectivity index (χ0v) is 27.8. The average Bonchev–Trinajstić information content (AvgIpc) is 3.49. The van der Waals surface area contributed by atoms with Crippen LogP contribution in [0.15, 0.2) is 78.9 Å². The molecule has 7 rings (SSSR count). The first kappa shape index (κ1) is 35.5. The van der Waals surface area contributed by atoms with Crippen molar-refractivity contribution < 1.29 is 46.1 Å². The van der Waals surface area contributed by atoms with Gasteiger partial charge >= 0.3 is 0 Å². The minimum Gasteiger partial charge on any atom is -0.392 e. The van der Waals surface area contributed by atoms with Crippen molar-refractivity contribution in [1.82, 2.24) is 10.2 Å². The van der Waals surface area contributed by atoms with E-state index in [1.165, 1.54) is 12.1 Å². The van der Waals surface area contributed by atoms with Crippen LogP contribution in [0.4, 0.5) is 33.3 Å². The maximum absolute atomic E-state index is 14.2. The van der Waals surface area contributed by atoms with E-state index in [1.807, 2.05) is 54.6 Å². The fraction of sp³-hybridized carbons (Fsp3) is 0.316. The molecule has 0 aromatic heterocycles. The molecule has 3 aliphatic rings. The highest BCUT2D eigenvalue weighted by Gasteiger charge is 2.50. The molecular formula is C38H35F5N4O5. The van der Waals surface area contributed by atoms with Crippen LogP contribution in [0.1, 0.15) is 58.7 Å². The molecule has 3 atom stereocenters. The Hall–Kier alpha value is -4.89. The molecule has 0 saturated carbocycles. The van der Waals surface area contributed by atoms with Crippen molar-refractivity contribution in [3.63, 3.8) is 0 Å². The number of anilines is 2. The molecule has 3 aliphatic heterocycles. The first-order valence-corrected chi connectivity index (χ1v) is 16.8. The van der Waals surface area contributed by atoms with Crippen LogP contribution in [0.2, 0.25) is 0 Å². The lowest BCUT2D eigenvalue weighted by Gasteiger charge is -2.45. The Morgan fingerprint density at radius 2 is 1.44 bits per heavy atom. The summed E-state index contributed by atoms with van der Waals surface area (Å²) in [5, 5.41) is 14.7. The van der Waals surface area contributed by atoms with Crippen molar-refractivity contribution in [2.45, 2.75) is 49.9 Å². The normalized spacial score (nSPS) is 21.7. The quantitative estimate of drug-likeness (QED) is 0.115. The predicted octanol–water partition coefficient (Wildman–Crippen LogP) is 6.10. The Labute approximate surface area is 295 Å². The summed E-state index contributed by atoms with van der Waals surface area (Å²) in [5.74, 6) is -12.7. The molecule has 272 valence electrons. The number of carbonyl (C=O) groups is 2. The van der Waals surface area contributed by atoms with Gasteiger partial charge < -0.3 is 35.0 Å². The number of likely N-dealkylation sites (tertiary alicyclic amines) is 1. The van der Waals surface area contributed by atoms with Crippen LogP contribution in [0.25, 0.3) is 0 Å². The molecule has 3 fully saturated rings. The second-order valence-electron chi connectivity index (χ2n) is 13.1. The maximum atomic E-state index is 14.2. The summed E-state index contributed by atoms with van der Waals surface area (Å²) in [4.78, 5) is 30.2. The van der Waals surface area contributed by atoms with Crippen molar-refractivity contribution in [3.8, 4) is 0 Å². The van der Waals surface area contributed by atoms with Crippen LogP contribution in [0.5, 0.6) is 0 Å². The fourth-order valence-electron chi connectivity index (χ4n) is 7.18. The van der Waals surface area contributed by atoms with Gasteiger partial charge in [0.2, 0.25) is 11.7 Å². The molecule has 2 amide bonds. The summed E-state index contributed by atoms with van der Waals surface area (Å²) in [5.41, 5.74) is 0.960. The fourth-order valence-corrected chi connectivity index (χ4v) is 7.18. The highest BCUT2D eigenvalue weighted by atomic mass is 19.2. The molecule has 3 saturated heterocycles. The van der Waals surface area contributed by atoms with E-state index >= 15 is 0 Å².